The molecule has 110 valence electrons. The molecule has 0 spiro atoms. The number of alkyl halides is 1. The Labute approximate surface area is 133 Å². The van der Waals surface area contributed by atoms with Crippen molar-refractivity contribution in [2.75, 3.05) is 0 Å². The van der Waals surface area contributed by atoms with Crippen LogP contribution in [-0.2, 0) is 13.1 Å². The van der Waals surface area contributed by atoms with E-state index < -0.39 is 0 Å². The van der Waals surface area contributed by atoms with Gasteiger partial charge in [-0.1, -0.05) is 17.7 Å². The van der Waals surface area contributed by atoms with Crippen LogP contribution in [0.5, 0.6) is 0 Å². The van der Waals surface area contributed by atoms with Gasteiger partial charge in [-0.25, -0.2) is 4.98 Å². The largest absolute Gasteiger partial charge is 0.325 e. The summed E-state index contributed by atoms with van der Waals surface area (Å²) in [5, 5.41) is 4.77. The molecule has 0 aliphatic carbocycles. The topological polar surface area (TPSA) is 35.6 Å². The fraction of sp³-hybridized carbons (Fsp3) is 0.333. The summed E-state index contributed by atoms with van der Waals surface area (Å²) in [6, 6.07) is 7.69. The number of rotatable bonds is 5. The van der Waals surface area contributed by atoms with Crippen molar-refractivity contribution in [1.29, 1.82) is 0 Å². The second-order valence-electron chi connectivity index (χ2n) is 4.97. The van der Waals surface area contributed by atoms with E-state index in [1.54, 1.807) is 6.20 Å². The Balaban J connectivity index is 1.90. The average Bonchev–Trinajstić information content (AvgIpc) is 3.07. The molecule has 0 amide bonds. The summed E-state index contributed by atoms with van der Waals surface area (Å²) >= 11 is 12.6. The van der Waals surface area contributed by atoms with Gasteiger partial charge >= 0.3 is 0 Å². The van der Waals surface area contributed by atoms with Gasteiger partial charge in [0.05, 0.1) is 21.4 Å². The van der Waals surface area contributed by atoms with Crippen LogP contribution in [0, 0.1) is 0 Å². The second kappa shape index (κ2) is 6.08. The number of hydrogen-bond acceptors (Lipinski definition) is 2. The normalized spacial score (nSPS) is 12.9. The Morgan fingerprint density at radius 3 is 2.81 bits per heavy atom. The Hall–Kier alpha value is -1.52. The van der Waals surface area contributed by atoms with E-state index in [0.29, 0.717) is 5.02 Å². The van der Waals surface area contributed by atoms with Crippen LogP contribution in [0.25, 0.3) is 11.0 Å². The minimum atomic E-state index is -0.154. The highest BCUT2D eigenvalue weighted by molar-refractivity contribution is 6.35. The zero-order chi connectivity index (χ0) is 14.8. The molecule has 6 heteroatoms. The summed E-state index contributed by atoms with van der Waals surface area (Å²) in [6.07, 6.45) is 4.69. The quantitative estimate of drug-likeness (QED) is 0.657. The van der Waals surface area contributed by atoms with Crippen molar-refractivity contribution in [2.45, 2.75) is 31.8 Å². The SMILES string of the molecule is CC(Cl)c1nc2cccc(Cl)c2n1CCCn1cccn1. The monoisotopic (exact) mass is 322 g/mol. The van der Waals surface area contributed by atoms with Crippen molar-refractivity contribution in [1.82, 2.24) is 19.3 Å². The van der Waals surface area contributed by atoms with E-state index in [-0.39, 0.29) is 5.38 Å². The number of nitrogens with zero attached hydrogens (tertiary/aromatic N) is 4. The van der Waals surface area contributed by atoms with E-state index >= 15 is 0 Å². The molecule has 21 heavy (non-hydrogen) atoms. The molecule has 0 saturated carbocycles. The minimum absolute atomic E-state index is 0.154. The first-order valence-corrected chi connectivity index (χ1v) is 7.74. The first-order valence-electron chi connectivity index (χ1n) is 6.93. The highest BCUT2D eigenvalue weighted by Crippen LogP contribution is 2.29. The molecule has 0 N–H and O–H groups in total. The minimum Gasteiger partial charge on any atom is -0.325 e. The summed E-state index contributed by atoms with van der Waals surface area (Å²) in [4.78, 5) is 4.61. The van der Waals surface area contributed by atoms with Gasteiger partial charge in [0, 0.05) is 25.5 Å². The average molecular weight is 323 g/mol. The number of hydrogen-bond donors (Lipinski definition) is 0. The number of fused-ring (bicyclic) bond motifs is 1. The summed E-state index contributed by atoms with van der Waals surface area (Å²) in [6.45, 7) is 3.60. The first-order chi connectivity index (χ1) is 10.2. The summed E-state index contributed by atoms with van der Waals surface area (Å²) in [7, 11) is 0. The van der Waals surface area contributed by atoms with Crippen LogP contribution >= 0.6 is 23.2 Å². The van der Waals surface area contributed by atoms with Crippen LogP contribution in [0.1, 0.15) is 24.5 Å². The molecular formula is C15H16Cl2N4. The highest BCUT2D eigenvalue weighted by Gasteiger charge is 2.16. The standard InChI is InChI=1S/C15H16Cl2N4/c1-11(16)15-19-13-6-2-5-12(17)14(13)21(15)10-4-9-20-8-3-7-18-20/h2-3,5-8,11H,4,9-10H2,1H3. The van der Waals surface area contributed by atoms with Crippen LogP contribution < -0.4 is 0 Å². The number of halogens is 2. The summed E-state index contributed by atoms with van der Waals surface area (Å²) in [5.41, 5.74) is 1.85. The molecule has 0 aliphatic rings. The number of para-hydroxylation sites is 1. The zero-order valence-corrected chi connectivity index (χ0v) is 13.2. The van der Waals surface area contributed by atoms with Gasteiger partial charge < -0.3 is 4.57 Å². The smallest absolute Gasteiger partial charge is 0.127 e. The molecule has 1 atom stereocenters. The maximum Gasteiger partial charge on any atom is 0.127 e. The lowest BCUT2D eigenvalue weighted by atomic mass is 10.3. The number of aryl methyl sites for hydroxylation is 2. The fourth-order valence-corrected chi connectivity index (χ4v) is 2.95. The van der Waals surface area contributed by atoms with E-state index in [1.807, 2.05) is 42.1 Å². The summed E-state index contributed by atoms with van der Waals surface area (Å²) in [5.74, 6) is 0.861. The van der Waals surface area contributed by atoms with E-state index in [0.717, 1.165) is 36.4 Å². The maximum atomic E-state index is 6.34. The predicted octanol–water partition coefficient (Wildman–Crippen LogP) is 4.28. The molecule has 0 aliphatic heterocycles. The Morgan fingerprint density at radius 1 is 1.24 bits per heavy atom. The Bertz CT molecular complexity index is 732. The lowest BCUT2D eigenvalue weighted by molar-refractivity contribution is 0.523. The van der Waals surface area contributed by atoms with E-state index in [1.165, 1.54) is 0 Å². The molecule has 1 unspecified atom stereocenters. The lowest BCUT2D eigenvalue weighted by Gasteiger charge is -2.11. The molecule has 3 rings (SSSR count). The van der Waals surface area contributed by atoms with Crippen molar-refractivity contribution in [2.24, 2.45) is 0 Å². The van der Waals surface area contributed by atoms with Gasteiger partial charge in [0.1, 0.15) is 5.82 Å². The first kappa shape index (κ1) is 14.4. The molecule has 0 bridgehead atoms. The fourth-order valence-electron chi connectivity index (χ4n) is 2.51. The molecule has 0 saturated heterocycles. The Morgan fingerprint density at radius 2 is 2.10 bits per heavy atom. The van der Waals surface area contributed by atoms with Crippen molar-refractivity contribution in [3.63, 3.8) is 0 Å². The number of aromatic nitrogens is 4. The highest BCUT2D eigenvalue weighted by atomic mass is 35.5. The zero-order valence-electron chi connectivity index (χ0n) is 11.7. The predicted molar refractivity (Wildman–Crippen MR) is 85.9 cm³/mol. The Kier molecular flexibility index (Phi) is 4.17. The molecule has 2 heterocycles. The molecule has 2 aromatic heterocycles. The summed E-state index contributed by atoms with van der Waals surface area (Å²) < 4.78 is 4.04. The van der Waals surface area contributed by atoms with Crippen molar-refractivity contribution in [3.05, 3.63) is 47.5 Å². The van der Waals surface area contributed by atoms with Crippen molar-refractivity contribution >= 4 is 34.2 Å². The van der Waals surface area contributed by atoms with Crippen molar-refractivity contribution < 1.29 is 0 Å². The van der Waals surface area contributed by atoms with E-state index in [4.69, 9.17) is 23.2 Å². The van der Waals surface area contributed by atoms with Gasteiger partial charge in [0.2, 0.25) is 0 Å². The van der Waals surface area contributed by atoms with Gasteiger partial charge in [-0.3, -0.25) is 4.68 Å². The van der Waals surface area contributed by atoms with Gasteiger partial charge in [0.15, 0.2) is 0 Å². The van der Waals surface area contributed by atoms with Crippen LogP contribution in [0.4, 0.5) is 0 Å². The number of benzene rings is 1. The molecule has 1 aromatic carbocycles. The third kappa shape index (κ3) is 2.92. The molecule has 0 fully saturated rings. The second-order valence-corrected chi connectivity index (χ2v) is 6.03. The maximum absolute atomic E-state index is 6.34. The lowest BCUT2D eigenvalue weighted by Crippen LogP contribution is -2.08. The van der Waals surface area contributed by atoms with E-state index in [9.17, 15) is 0 Å². The van der Waals surface area contributed by atoms with Gasteiger partial charge in [0.25, 0.3) is 0 Å². The van der Waals surface area contributed by atoms with Crippen molar-refractivity contribution in [3.8, 4) is 0 Å². The van der Waals surface area contributed by atoms with Crippen LogP contribution in [0.2, 0.25) is 5.02 Å². The third-order valence-electron chi connectivity index (χ3n) is 3.43. The van der Waals surface area contributed by atoms with Crippen LogP contribution in [-0.4, -0.2) is 19.3 Å². The van der Waals surface area contributed by atoms with E-state index in [2.05, 4.69) is 14.6 Å². The number of imidazole rings is 1. The van der Waals surface area contributed by atoms with Crippen LogP contribution in [0.3, 0.4) is 0 Å². The molecular weight excluding hydrogens is 307 g/mol. The molecule has 0 radical (unpaired) electrons. The van der Waals surface area contributed by atoms with Gasteiger partial charge in [-0.15, -0.1) is 11.6 Å². The third-order valence-corrected chi connectivity index (χ3v) is 3.93. The van der Waals surface area contributed by atoms with Gasteiger partial charge in [-0.2, -0.15) is 5.10 Å². The molecule has 3 aromatic rings. The van der Waals surface area contributed by atoms with Crippen LogP contribution in [0.15, 0.2) is 36.7 Å². The van der Waals surface area contributed by atoms with Gasteiger partial charge in [-0.05, 0) is 31.5 Å². The molecule has 4 nitrogen and oxygen atoms in total.